The average Bonchev–Trinajstić information content (AvgIpc) is 2.98. The summed E-state index contributed by atoms with van der Waals surface area (Å²) in [6.07, 6.45) is -5.84. The van der Waals surface area contributed by atoms with Gasteiger partial charge in [-0.3, -0.25) is 24.6 Å². The summed E-state index contributed by atoms with van der Waals surface area (Å²) in [6, 6.07) is 1.12. The van der Waals surface area contributed by atoms with Crippen molar-refractivity contribution < 1.29 is 65.1 Å². The number of aromatic hydroxyl groups is 1. The van der Waals surface area contributed by atoms with E-state index in [9.17, 15) is 60.0 Å². The van der Waals surface area contributed by atoms with Gasteiger partial charge in [0.05, 0.1) is 36.5 Å². The lowest BCUT2D eigenvalue weighted by atomic mass is 9.54. The predicted octanol–water partition coefficient (Wildman–Crippen LogP) is -3.55. The fourth-order valence-corrected chi connectivity index (χ4v) is 6.62. The van der Waals surface area contributed by atoms with Crippen molar-refractivity contribution >= 4 is 29.5 Å². The molecular formula is C29H37N3O13. The number of benzene rings is 1. The molecule has 45 heavy (non-hydrogen) atoms. The molecule has 0 radical (unpaired) electrons. The molecule has 0 spiro atoms. The minimum atomic E-state index is -2.94. The van der Waals surface area contributed by atoms with Crippen LogP contribution in [0, 0.1) is 11.8 Å². The monoisotopic (exact) mass is 635 g/mol. The molecule has 0 unspecified atom stereocenters. The Labute approximate surface area is 256 Å². The zero-order valence-electron chi connectivity index (χ0n) is 24.6. The number of carbonyl (C=O) groups excluding carboxylic acids is 4. The van der Waals surface area contributed by atoms with Gasteiger partial charge >= 0.3 is 0 Å². The van der Waals surface area contributed by atoms with Crippen molar-refractivity contribution in [2.45, 2.75) is 54.9 Å². The third-order valence-electron chi connectivity index (χ3n) is 9.03. The van der Waals surface area contributed by atoms with Gasteiger partial charge in [-0.05, 0) is 39.1 Å². The maximum absolute atomic E-state index is 14.1. The molecule has 0 aliphatic heterocycles. The number of ketones is 2. The fraction of sp³-hybridized carbons (Fsp3) is 0.517. The number of fused-ring (bicyclic) bond motifs is 3. The van der Waals surface area contributed by atoms with Gasteiger partial charge in [0.25, 0.3) is 5.91 Å². The van der Waals surface area contributed by atoms with Crippen molar-refractivity contribution in [2.24, 2.45) is 11.8 Å². The number of rotatable bonds is 10. The summed E-state index contributed by atoms with van der Waals surface area (Å²) in [5, 5.41) is 99.5. The molecule has 246 valence electrons. The highest BCUT2D eigenvalue weighted by Crippen LogP contribution is 2.57. The first kappa shape index (κ1) is 34.1. The summed E-state index contributed by atoms with van der Waals surface area (Å²) >= 11 is 0. The molecule has 3 aliphatic carbocycles. The first-order valence-electron chi connectivity index (χ1n) is 14.0. The third kappa shape index (κ3) is 5.22. The maximum Gasteiger partial charge on any atom is 0.259 e. The summed E-state index contributed by atoms with van der Waals surface area (Å²) in [5.41, 5.74) is -6.50. The largest absolute Gasteiger partial charge is 0.508 e. The van der Waals surface area contributed by atoms with Crippen LogP contribution in [0.25, 0.3) is 5.76 Å². The normalized spacial score (nSPS) is 30.7. The standard InChI is InChI=1S/C29H37N3O13/c1-28(44)11-5-4-6-15(35)17(11)23(39)18-12(28)7-13-20(32(2)3)24(40)19(26(42)29(13,45)25(18)41)27(43)31-10-30-14(8-33)21(37)22(38)16(36)9-34/h4-6,8,12-14,16,20-22,30,34-39,42,44-45H,7,9-10H2,1-3H3,(H,31,43)/t12-,13-,14-,16+,20-,21-,22+,28-,29-/m0/s1. The van der Waals surface area contributed by atoms with Gasteiger partial charge in [0.15, 0.2) is 11.4 Å². The molecule has 9 atom stereocenters. The fourth-order valence-electron chi connectivity index (χ4n) is 6.62. The molecular weight excluding hydrogens is 598 g/mol. The number of phenols is 1. The molecule has 1 fully saturated rings. The van der Waals surface area contributed by atoms with Crippen LogP contribution in [-0.2, 0) is 24.8 Å². The summed E-state index contributed by atoms with van der Waals surface area (Å²) in [4.78, 5) is 53.8. The average molecular weight is 636 g/mol. The number of aldehydes is 1. The van der Waals surface area contributed by atoms with E-state index in [4.69, 9.17) is 5.11 Å². The number of aliphatic hydroxyl groups excluding tert-OH is 6. The lowest BCUT2D eigenvalue weighted by molar-refractivity contribution is -0.159. The number of Topliss-reactive ketones (excluding diaryl/α,β-unsaturated/α-hetero) is 2. The lowest BCUT2D eigenvalue weighted by Gasteiger charge is -2.53. The Hall–Kier alpha value is -3.74. The molecule has 11 N–H and O–H groups in total. The Morgan fingerprint density at radius 2 is 1.76 bits per heavy atom. The number of phenolic OH excluding ortho intramolecular Hbond substituents is 1. The van der Waals surface area contributed by atoms with E-state index in [-0.39, 0.29) is 23.8 Å². The first-order valence-corrected chi connectivity index (χ1v) is 14.0. The number of likely N-dealkylation sites (N-methyl/N-ethyl adjacent to an activating group) is 1. The van der Waals surface area contributed by atoms with Gasteiger partial charge in [0, 0.05) is 17.4 Å². The Morgan fingerprint density at radius 3 is 2.33 bits per heavy atom. The second-order valence-electron chi connectivity index (χ2n) is 11.9. The first-order chi connectivity index (χ1) is 21.0. The Kier molecular flexibility index (Phi) is 9.27. The molecule has 1 aromatic carbocycles. The molecule has 1 amide bonds. The van der Waals surface area contributed by atoms with Gasteiger partial charge in [-0.25, -0.2) is 0 Å². The number of nitrogens with zero attached hydrogens (tertiary/aromatic N) is 1. The van der Waals surface area contributed by atoms with Crippen LogP contribution < -0.4 is 10.6 Å². The van der Waals surface area contributed by atoms with Gasteiger partial charge < -0.3 is 56.1 Å². The zero-order chi connectivity index (χ0) is 33.8. The minimum absolute atomic E-state index is 0.0972. The Balaban J connectivity index is 1.72. The smallest absolute Gasteiger partial charge is 0.259 e. The molecule has 1 aromatic rings. The summed E-state index contributed by atoms with van der Waals surface area (Å²) in [6.45, 7) is -0.239. The number of hydrogen-bond donors (Lipinski definition) is 11. The number of carbonyl (C=O) groups is 4. The van der Waals surface area contributed by atoms with Gasteiger partial charge in [0.2, 0.25) is 5.78 Å². The van der Waals surface area contributed by atoms with E-state index < -0.39 is 113 Å². The van der Waals surface area contributed by atoms with Gasteiger partial charge in [-0.2, -0.15) is 0 Å². The highest BCUT2D eigenvalue weighted by atomic mass is 16.4. The van der Waals surface area contributed by atoms with Crippen molar-refractivity contribution in [1.82, 2.24) is 15.5 Å². The van der Waals surface area contributed by atoms with Crippen LogP contribution in [0.2, 0.25) is 0 Å². The molecule has 0 aromatic heterocycles. The van der Waals surface area contributed by atoms with E-state index in [0.717, 1.165) is 0 Å². The number of nitrogens with one attached hydrogen (secondary N) is 2. The summed E-state index contributed by atoms with van der Waals surface area (Å²) in [5.74, 6) is -8.72. The third-order valence-corrected chi connectivity index (χ3v) is 9.03. The van der Waals surface area contributed by atoms with E-state index in [1.165, 1.54) is 44.1 Å². The van der Waals surface area contributed by atoms with Crippen molar-refractivity contribution in [2.75, 3.05) is 27.4 Å². The van der Waals surface area contributed by atoms with Crippen LogP contribution in [0.3, 0.4) is 0 Å². The van der Waals surface area contributed by atoms with E-state index in [1.807, 2.05) is 0 Å². The highest BCUT2D eigenvalue weighted by molar-refractivity contribution is 6.25. The summed E-state index contributed by atoms with van der Waals surface area (Å²) < 4.78 is 0. The number of hydrogen-bond acceptors (Lipinski definition) is 15. The maximum atomic E-state index is 14.1. The number of aliphatic hydroxyl groups is 8. The molecule has 0 bridgehead atoms. The Morgan fingerprint density at radius 1 is 1.11 bits per heavy atom. The van der Waals surface area contributed by atoms with Crippen molar-refractivity contribution in [3.8, 4) is 5.75 Å². The van der Waals surface area contributed by atoms with E-state index in [0.29, 0.717) is 0 Å². The van der Waals surface area contributed by atoms with E-state index in [1.54, 1.807) is 0 Å². The van der Waals surface area contributed by atoms with Crippen LogP contribution in [-0.4, -0.2) is 138 Å². The van der Waals surface area contributed by atoms with Crippen LogP contribution in [0.1, 0.15) is 24.5 Å². The van der Waals surface area contributed by atoms with E-state index in [2.05, 4.69) is 10.6 Å². The van der Waals surface area contributed by atoms with E-state index >= 15 is 0 Å². The molecule has 0 heterocycles. The lowest BCUT2D eigenvalue weighted by Crippen LogP contribution is -2.67. The molecule has 4 rings (SSSR count). The minimum Gasteiger partial charge on any atom is -0.508 e. The molecule has 1 saturated carbocycles. The molecule has 16 heteroatoms. The van der Waals surface area contributed by atoms with Crippen LogP contribution in [0.15, 0.2) is 35.1 Å². The SMILES string of the molecule is CN(C)[C@@H]1C(=O)C(C(=O)NCN[C@@H](C=O)[C@H](O)[C@H](O)[C@H](O)CO)=C(O)[C@@]2(O)C(=O)C3=C(O)c4c(O)cccc4[C@](C)(O)[C@H]3C[C@@H]12. The van der Waals surface area contributed by atoms with Crippen molar-refractivity contribution in [3.05, 3.63) is 46.2 Å². The van der Waals surface area contributed by atoms with Crippen molar-refractivity contribution in [1.29, 1.82) is 0 Å². The van der Waals surface area contributed by atoms with Crippen LogP contribution in [0.5, 0.6) is 5.75 Å². The molecule has 0 saturated heterocycles. The second kappa shape index (κ2) is 12.2. The Bertz CT molecular complexity index is 1470. The summed E-state index contributed by atoms with van der Waals surface area (Å²) in [7, 11) is 2.87. The predicted molar refractivity (Wildman–Crippen MR) is 152 cm³/mol. The van der Waals surface area contributed by atoms with Crippen LogP contribution in [0.4, 0.5) is 0 Å². The second-order valence-corrected chi connectivity index (χ2v) is 11.9. The quantitative estimate of drug-likeness (QED) is 0.0674. The van der Waals surface area contributed by atoms with Crippen LogP contribution >= 0.6 is 0 Å². The molecule has 16 nitrogen and oxygen atoms in total. The number of amides is 1. The van der Waals surface area contributed by atoms with Gasteiger partial charge in [-0.15, -0.1) is 0 Å². The highest BCUT2D eigenvalue weighted by Gasteiger charge is 2.66. The molecule has 3 aliphatic rings. The zero-order valence-corrected chi connectivity index (χ0v) is 24.6. The van der Waals surface area contributed by atoms with Gasteiger partial charge in [-0.1, -0.05) is 12.1 Å². The van der Waals surface area contributed by atoms with Crippen molar-refractivity contribution in [3.63, 3.8) is 0 Å². The topological polar surface area (TPSA) is 278 Å². The van der Waals surface area contributed by atoms with Gasteiger partial charge in [0.1, 0.15) is 47.4 Å².